The van der Waals surface area contributed by atoms with Crippen LogP contribution in [0.1, 0.15) is 10.4 Å². The van der Waals surface area contributed by atoms with Crippen LogP contribution < -0.4 is 15.8 Å². The van der Waals surface area contributed by atoms with Gasteiger partial charge in [-0.2, -0.15) is 0 Å². The Morgan fingerprint density at radius 2 is 2.05 bits per heavy atom. The van der Waals surface area contributed by atoms with Crippen LogP contribution in [0, 0.1) is 5.82 Å². The lowest BCUT2D eigenvalue weighted by molar-refractivity contribution is 0.102. The maximum Gasteiger partial charge on any atom is 0.255 e. The minimum atomic E-state index is -0.528. The second-order valence-corrected chi connectivity index (χ2v) is 4.45. The summed E-state index contributed by atoms with van der Waals surface area (Å²) in [6.07, 6.45) is 0. The zero-order valence-electron chi connectivity index (χ0n) is 10.6. The fourth-order valence-electron chi connectivity index (χ4n) is 1.63. The highest BCUT2D eigenvalue weighted by Crippen LogP contribution is 2.23. The summed E-state index contributed by atoms with van der Waals surface area (Å²) in [5.41, 5.74) is 6.78. The summed E-state index contributed by atoms with van der Waals surface area (Å²) in [5.74, 6) is -0.918. The molecule has 0 radical (unpaired) electrons. The zero-order valence-corrected chi connectivity index (χ0v) is 11.4. The molecule has 2 aromatic carbocycles. The number of benzene rings is 2. The van der Waals surface area contributed by atoms with E-state index < -0.39 is 11.7 Å². The molecule has 0 atom stereocenters. The van der Waals surface area contributed by atoms with E-state index in [1.807, 2.05) is 0 Å². The van der Waals surface area contributed by atoms with Gasteiger partial charge in [0, 0.05) is 11.3 Å². The molecule has 20 heavy (non-hydrogen) atoms. The van der Waals surface area contributed by atoms with Crippen LogP contribution in [0.15, 0.2) is 36.4 Å². The molecule has 104 valence electrons. The lowest BCUT2D eigenvalue weighted by atomic mass is 10.2. The van der Waals surface area contributed by atoms with Gasteiger partial charge in [0.25, 0.3) is 5.91 Å². The Balaban J connectivity index is 2.21. The monoisotopic (exact) mass is 294 g/mol. The number of halogens is 2. The van der Waals surface area contributed by atoms with Crippen molar-refractivity contribution < 1.29 is 13.9 Å². The van der Waals surface area contributed by atoms with E-state index in [9.17, 15) is 9.18 Å². The van der Waals surface area contributed by atoms with Crippen molar-refractivity contribution in [3.8, 4) is 5.75 Å². The SMILES string of the molecule is COc1cc(C(=O)Nc2ccc(Cl)c(N)c2)ccc1F. The van der Waals surface area contributed by atoms with Gasteiger partial charge in [-0.3, -0.25) is 4.79 Å². The fourth-order valence-corrected chi connectivity index (χ4v) is 1.74. The van der Waals surface area contributed by atoms with Crippen LogP contribution in [0.5, 0.6) is 5.75 Å². The number of nitrogen functional groups attached to an aromatic ring is 1. The maximum atomic E-state index is 13.3. The zero-order chi connectivity index (χ0) is 14.7. The van der Waals surface area contributed by atoms with E-state index in [4.69, 9.17) is 22.1 Å². The smallest absolute Gasteiger partial charge is 0.255 e. The Labute approximate surface area is 120 Å². The number of carbonyl (C=O) groups is 1. The van der Waals surface area contributed by atoms with Crippen LogP contribution in [0.25, 0.3) is 0 Å². The predicted molar refractivity (Wildman–Crippen MR) is 76.8 cm³/mol. The molecule has 6 heteroatoms. The highest BCUT2D eigenvalue weighted by atomic mass is 35.5. The van der Waals surface area contributed by atoms with Gasteiger partial charge in [-0.25, -0.2) is 4.39 Å². The summed E-state index contributed by atoms with van der Waals surface area (Å²) in [6, 6.07) is 8.61. The third kappa shape index (κ3) is 3.00. The number of rotatable bonds is 3. The highest BCUT2D eigenvalue weighted by molar-refractivity contribution is 6.33. The van der Waals surface area contributed by atoms with E-state index >= 15 is 0 Å². The van der Waals surface area contributed by atoms with Crippen LogP contribution in [-0.2, 0) is 0 Å². The Kier molecular flexibility index (Phi) is 4.10. The number of hydrogen-bond donors (Lipinski definition) is 2. The Bertz CT molecular complexity index is 662. The molecular weight excluding hydrogens is 283 g/mol. The summed E-state index contributed by atoms with van der Waals surface area (Å²) in [6.45, 7) is 0. The molecule has 0 heterocycles. The molecule has 0 saturated heterocycles. The summed E-state index contributed by atoms with van der Waals surface area (Å²) in [5, 5.41) is 3.05. The molecule has 0 spiro atoms. The number of nitrogens with two attached hydrogens (primary N) is 1. The normalized spacial score (nSPS) is 10.2. The van der Waals surface area contributed by atoms with E-state index in [0.717, 1.165) is 0 Å². The lowest BCUT2D eigenvalue weighted by Crippen LogP contribution is -2.12. The van der Waals surface area contributed by atoms with E-state index in [1.54, 1.807) is 18.2 Å². The van der Waals surface area contributed by atoms with Crippen LogP contribution in [-0.4, -0.2) is 13.0 Å². The molecule has 4 nitrogen and oxygen atoms in total. The van der Waals surface area contributed by atoms with Crippen LogP contribution in [0.3, 0.4) is 0 Å². The van der Waals surface area contributed by atoms with Gasteiger partial charge in [-0.15, -0.1) is 0 Å². The summed E-state index contributed by atoms with van der Waals surface area (Å²) in [4.78, 5) is 12.0. The third-order valence-corrected chi connectivity index (χ3v) is 3.01. The average molecular weight is 295 g/mol. The number of hydrogen-bond acceptors (Lipinski definition) is 3. The summed E-state index contributed by atoms with van der Waals surface area (Å²) >= 11 is 5.80. The topological polar surface area (TPSA) is 64.3 Å². The first kappa shape index (κ1) is 14.1. The Morgan fingerprint density at radius 3 is 2.70 bits per heavy atom. The van der Waals surface area contributed by atoms with Crippen molar-refractivity contribution in [2.24, 2.45) is 0 Å². The third-order valence-electron chi connectivity index (χ3n) is 2.67. The first-order valence-electron chi connectivity index (χ1n) is 5.71. The number of ether oxygens (including phenoxy) is 1. The van der Waals surface area contributed by atoms with Gasteiger partial charge in [-0.1, -0.05) is 11.6 Å². The Hall–Kier alpha value is -2.27. The van der Waals surface area contributed by atoms with Crippen molar-refractivity contribution in [2.45, 2.75) is 0 Å². The highest BCUT2D eigenvalue weighted by Gasteiger charge is 2.11. The molecule has 1 amide bonds. The van der Waals surface area contributed by atoms with Gasteiger partial charge in [-0.05, 0) is 36.4 Å². The standard InChI is InChI=1S/C14H12ClFN2O2/c1-20-13-6-8(2-5-11(13)16)14(19)18-9-3-4-10(15)12(17)7-9/h2-7H,17H2,1H3,(H,18,19). The molecule has 0 aliphatic rings. The molecule has 0 saturated carbocycles. The van der Waals surface area contributed by atoms with Gasteiger partial charge < -0.3 is 15.8 Å². The molecular formula is C14H12ClFN2O2. The lowest BCUT2D eigenvalue weighted by Gasteiger charge is -2.08. The van der Waals surface area contributed by atoms with E-state index in [-0.39, 0.29) is 11.3 Å². The first-order valence-corrected chi connectivity index (χ1v) is 6.09. The molecule has 0 aliphatic carbocycles. The van der Waals surface area contributed by atoms with E-state index in [1.165, 1.54) is 25.3 Å². The molecule has 0 bridgehead atoms. The minimum absolute atomic E-state index is 0.00766. The molecule has 0 aliphatic heterocycles. The summed E-state index contributed by atoms with van der Waals surface area (Å²) in [7, 11) is 1.33. The number of amides is 1. The van der Waals surface area contributed by atoms with Crippen molar-refractivity contribution in [1.82, 2.24) is 0 Å². The van der Waals surface area contributed by atoms with Crippen molar-refractivity contribution >= 4 is 28.9 Å². The fraction of sp³-hybridized carbons (Fsp3) is 0.0714. The van der Waals surface area contributed by atoms with Gasteiger partial charge in [0.1, 0.15) is 0 Å². The number of nitrogens with one attached hydrogen (secondary N) is 1. The minimum Gasteiger partial charge on any atom is -0.494 e. The number of carbonyl (C=O) groups excluding carboxylic acids is 1. The second-order valence-electron chi connectivity index (χ2n) is 4.04. The maximum absolute atomic E-state index is 13.3. The first-order chi connectivity index (χ1) is 9.51. The average Bonchev–Trinajstić information content (AvgIpc) is 2.43. The van der Waals surface area contributed by atoms with Gasteiger partial charge in [0.2, 0.25) is 0 Å². The molecule has 2 rings (SSSR count). The van der Waals surface area contributed by atoms with Crippen LogP contribution in [0.2, 0.25) is 5.02 Å². The van der Waals surface area contributed by atoms with Crippen molar-refractivity contribution in [1.29, 1.82) is 0 Å². The van der Waals surface area contributed by atoms with Gasteiger partial charge in [0.15, 0.2) is 11.6 Å². The van der Waals surface area contributed by atoms with Crippen molar-refractivity contribution in [3.05, 3.63) is 52.8 Å². The van der Waals surface area contributed by atoms with Gasteiger partial charge in [0.05, 0.1) is 17.8 Å². The molecule has 2 aromatic rings. The van der Waals surface area contributed by atoms with Crippen molar-refractivity contribution in [3.63, 3.8) is 0 Å². The number of methoxy groups -OCH3 is 1. The predicted octanol–water partition coefficient (Wildman–Crippen LogP) is 3.32. The molecule has 0 aromatic heterocycles. The quantitative estimate of drug-likeness (QED) is 0.854. The van der Waals surface area contributed by atoms with Gasteiger partial charge >= 0.3 is 0 Å². The number of anilines is 2. The second kappa shape index (κ2) is 5.79. The van der Waals surface area contributed by atoms with Crippen molar-refractivity contribution in [2.75, 3.05) is 18.2 Å². The Morgan fingerprint density at radius 1 is 1.30 bits per heavy atom. The molecule has 0 unspecified atom stereocenters. The molecule has 3 N–H and O–H groups in total. The van der Waals surface area contributed by atoms with Crippen LogP contribution >= 0.6 is 11.6 Å². The van der Waals surface area contributed by atoms with Crippen LogP contribution in [0.4, 0.5) is 15.8 Å². The largest absolute Gasteiger partial charge is 0.494 e. The summed E-state index contributed by atoms with van der Waals surface area (Å²) < 4.78 is 18.1. The van der Waals surface area contributed by atoms with E-state index in [2.05, 4.69) is 5.32 Å². The molecule has 0 fully saturated rings. The van der Waals surface area contributed by atoms with E-state index in [0.29, 0.717) is 16.4 Å².